The Morgan fingerprint density at radius 2 is 2.00 bits per heavy atom. The van der Waals surface area contributed by atoms with Gasteiger partial charge in [-0.15, -0.1) is 11.3 Å². The highest BCUT2D eigenvalue weighted by Gasteiger charge is 2.12. The van der Waals surface area contributed by atoms with Gasteiger partial charge in [0.1, 0.15) is 9.88 Å². The molecule has 0 amide bonds. The Balaban J connectivity index is 2.21. The number of carboxylic acid groups (broad SMARTS) is 1. The molecule has 0 aliphatic rings. The zero-order valence-electron chi connectivity index (χ0n) is 9.20. The molecule has 2 heterocycles. The molecule has 0 unspecified atom stereocenters. The lowest BCUT2D eigenvalue weighted by Gasteiger charge is -2.01. The highest BCUT2D eigenvalue weighted by molar-refractivity contribution is 7.16. The third kappa shape index (κ3) is 1.74. The number of fused-ring (bicyclic) bond motifs is 1. The van der Waals surface area contributed by atoms with Gasteiger partial charge in [-0.05, 0) is 5.39 Å². The number of aromatic nitrogens is 2. The standard InChI is InChI=1S/C13H8N2O2S/c16-13(17)11-7-15-12(18-11)10-6-14-5-8-3-1-2-4-9(8)10/h1-7H,(H,16,17). The second-order valence-electron chi connectivity index (χ2n) is 3.74. The molecule has 88 valence electrons. The fourth-order valence-corrected chi connectivity index (χ4v) is 2.56. The van der Waals surface area contributed by atoms with E-state index in [9.17, 15) is 4.79 Å². The highest BCUT2D eigenvalue weighted by atomic mass is 32.1. The molecule has 0 atom stereocenters. The molecule has 0 aliphatic carbocycles. The van der Waals surface area contributed by atoms with E-state index < -0.39 is 5.97 Å². The summed E-state index contributed by atoms with van der Waals surface area (Å²) in [5, 5.41) is 11.6. The average Bonchev–Trinajstić information content (AvgIpc) is 2.87. The molecule has 0 spiro atoms. The maximum Gasteiger partial charge on any atom is 0.347 e. The van der Waals surface area contributed by atoms with Gasteiger partial charge in [0.25, 0.3) is 0 Å². The third-order valence-corrected chi connectivity index (χ3v) is 3.63. The number of hydrogen-bond acceptors (Lipinski definition) is 4. The zero-order chi connectivity index (χ0) is 12.5. The van der Waals surface area contributed by atoms with E-state index in [0.717, 1.165) is 27.7 Å². The van der Waals surface area contributed by atoms with Gasteiger partial charge in [-0.2, -0.15) is 0 Å². The van der Waals surface area contributed by atoms with Crippen molar-refractivity contribution in [2.24, 2.45) is 0 Å². The molecule has 1 aromatic carbocycles. The zero-order valence-corrected chi connectivity index (χ0v) is 10.0. The fourth-order valence-electron chi connectivity index (χ4n) is 1.78. The summed E-state index contributed by atoms with van der Waals surface area (Å²) in [4.78, 5) is 19.4. The number of rotatable bonds is 2. The molecule has 0 saturated carbocycles. The number of carbonyl (C=O) groups is 1. The van der Waals surface area contributed by atoms with Crippen molar-refractivity contribution in [3.63, 3.8) is 0 Å². The first kappa shape index (κ1) is 10.9. The summed E-state index contributed by atoms with van der Waals surface area (Å²) < 4.78 is 0. The topological polar surface area (TPSA) is 63.1 Å². The Labute approximate surface area is 107 Å². The van der Waals surface area contributed by atoms with E-state index in [1.54, 1.807) is 12.4 Å². The Morgan fingerprint density at radius 1 is 1.17 bits per heavy atom. The predicted octanol–water partition coefficient (Wildman–Crippen LogP) is 3.06. The minimum absolute atomic E-state index is 0.234. The molecular weight excluding hydrogens is 248 g/mol. The van der Waals surface area contributed by atoms with Crippen LogP contribution in [0.3, 0.4) is 0 Å². The molecule has 5 heteroatoms. The van der Waals surface area contributed by atoms with E-state index in [1.165, 1.54) is 6.20 Å². The van der Waals surface area contributed by atoms with Gasteiger partial charge in [-0.25, -0.2) is 9.78 Å². The highest BCUT2D eigenvalue weighted by Crippen LogP contribution is 2.30. The van der Waals surface area contributed by atoms with E-state index >= 15 is 0 Å². The van der Waals surface area contributed by atoms with Crippen molar-refractivity contribution >= 4 is 28.1 Å². The lowest BCUT2D eigenvalue weighted by atomic mass is 10.1. The smallest absolute Gasteiger partial charge is 0.347 e. The summed E-state index contributed by atoms with van der Waals surface area (Å²) in [6, 6.07) is 7.83. The second kappa shape index (κ2) is 4.19. The van der Waals surface area contributed by atoms with Crippen LogP contribution in [0.25, 0.3) is 21.3 Å². The van der Waals surface area contributed by atoms with Crippen LogP contribution in [0.15, 0.2) is 42.9 Å². The number of carboxylic acids is 1. The van der Waals surface area contributed by atoms with E-state index in [0.29, 0.717) is 5.01 Å². The minimum atomic E-state index is -0.952. The molecule has 0 bridgehead atoms. The van der Waals surface area contributed by atoms with Gasteiger partial charge in [0.15, 0.2) is 0 Å². The third-order valence-electron chi connectivity index (χ3n) is 2.62. The summed E-state index contributed by atoms with van der Waals surface area (Å²) in [5.74, 6) is -0.952. The van der Waals surface area contributed by atoms with Crippen LogP contribution in [-0.2, 0) is 0 Å². The molecule has 1 N–H and O–H groups in total. The van der Waals surface area contributed by atoms with Crippen molar-refractivity contribution in [3.05, 3.63) is 47.7 Å². The molecule has 3 rings (SSSR count). The number of benzene rings is 1. The van der Waals surface area contributed by atoms with Crippen LogP contribution in [0.5, 0.6) is 0 Å². The Hall–Kier alpha value is -2.27. The molecular formula is C13H8N2O2S. The van der Waals surface area contributed by atoms with Crippen LogP contribution in [0.4, 0.5) is 0 Å². The van der Waals surface area contributed by atoms with Crippen LogP contribution in [0, 0.1) is 0 Å². The first-order valence-corrected chi connectivity index (χ1v) is 6.09. The van der Waals surface area contributed by atoms with Gasteiger partial charge in [0.2, 0.25) is 0 Å². The number of pyridine rings is 1. The van der Waals surface area contributed by atoms with Gasteiger partial charge in [0.05, 0.1) is 6.20 Å². The van der Waals surface area contributed by atoms with Gasteiger partial charge < -0.3 is 5.11 Å². The van der Waals surface area contributed by atoms with E-state index in [2.05, 4.69) is 9.97 Å². The van der Waals surface area contributed by atoms with Gasteiger partial charge in [0, 0.05) is 23.3 Å². The maximum atomic E-state index is 10.9. The Morgan fingerprint density at radius 3 is 2.78 bits per heavy atom. The first-order valence-electron chi connectivity index (χ1n) is 5.28. The fraction of sp³-hybridized carbons (Fsp3) is 0. The molecule has 18 heavy (non-hydrogen) atoms. The van der Waals surface area contributed by atoms with Crippen molar-refractivity contribution < 1.29 is 9.90 Å². The quantitative estimate of drug-likeness (QED) is 0.765. The van der Waals surface area contributed by atoms with Gasteiger partial charge >= 0.3 is 5.97 Å². The van der Waals surface area contributed by atoms with Crippen molar-refractivity contribution in [1.29, 1.82) is 0 Å². The number of aromatic carboxylic acids is 1. The van der Waals surface area contributed by atoms with Crippen molar-refractivity contribution in [1.82, 2.24) is 9.97 Å². The van der Waals surface area contributed by atoms with Gasteiger partial charge in [-0.3, -0.25) is 4.98 Å². The minimum Gasteiger partial charge on any atom is -0.477 e. The summed E-state index contributed by atoms with van der Waals surface area (Å²) in [7, 11) is 0. The van der Waals surface area contributed by atoms with Crippen LogP contribution in [0.2, 0.25) is 0 Å². The van der Waals surface area contributed by atoms with Gasteiger partial charge in [-0.1, -0.05) is 24.3 Å². The van der Waals surface area contributed by atoms with Crippen molar-refractivity contribution in [2.75, 3.05) is 0 Å². The Bertz CT molecular complexity index is 731. The molecule has 0 saturated heterocycles. The van der Waals surface area contributed by atoms with Crippen LogP contribution >= 0.6 is 11.3 Å². The van der Waals surface area contributed by atoms with Crippen LogP contribution < -0.4 is 0 Å². The Kier molecular flexibility index (Phi) is 2.53. The second-order valence-corrected chi connectivity index (χ2v) is 4.77. The van der Waals surface area contributed by atoms with E-state index in [4.69, 9.17) is 5.11 Å². The van der Waals surface area contributed by atoms with E-state index in [1.807, 2.05) is 24.3 Å². The lowest BCUT2D eigenvalue weighted by Crippen LogP contribution is -1.89. The molecule has 3 aromatic rings. The van der Waals surface area contributed by atoms with Crippen molar-refractivity contribution in [3.8, 4) is 10.6 Å². The lowest BCUT2D eigenvalue weighted by molar-refractivity contribution is 0.0702. The normalized spacial score (nSPS) is 10.7. The molecule has 4 nitrogen and oxygen atoms in total. The van der Waals surface area contributed by atoms with Crippen molar-refractivity contribution in [2.45, 2.75) is 0 Å². The largest absolute Gasteiger partial charge is 0.477 e. The number of hydrogen-bond donors (Lipinski definition) is 1. The molecule has 0 fully saturated rings. The number of nitrogens with zero attached hydrogens (tertiary/aromatic N) is 2. The molecule has 0 aliphatic heterocycles. The van der Waals surface area contributed by atoms with Crippen LogP contribution in [-0.4, -0.2) is 21.0 Å². The monoisotopic (exact) mass is 256 g/mol. The van der Waals surface area contributed by atoms with Crippen LogP contribution in [0.1, 0.15) is 9.67 Å². The average molecular weight is 256 g/mol. The summed E-state index contributed by atoms with van der Waals surface area (Å²) in [6.07, 6.45) is 4.88. The first-order chi connectivity index (χ1) is 8.75. The number of thiazole rings is 1. The van der Waals surface area contributed by atoms with E-state index in [-0.39, 0.29) is 4.88 Å². The summed E-state index contributed by atoms with van der Waals surface area (Å²) >= 11 is 1.16. The maximum absolute atomic E-state index is 10.9. The predicted molar refractivity (Wildman–Crippen MR) is 69.8 cm³/mol. The molecule has 2 aromatic heterocycles. The summed E-state index contributed by atoms with van der Waals surface area (Å²) in [5.41, 5.74) is 0.866. The SMILES string of the molecule is O=C(O)c1cnc(-c2cncc3ccccc23)s1. The molecule has 0 radical (unpaired) electrons. The summed E-state index contributed by atoms with van der Waals surface area (Å²) in [6.45, 7) is 0.